The van der Waals surface area contributed by atoms with Gasteiger partial charge in [0.25, 0.3) is 0 Å². The molecule has 1 atom stereocenters. The molecule has 38 heavy (non-hydrogen) atoms. The zero-order valence-electron chi connectivity index (χ0n) is 21.9. The van der Waals surface area contributed by atoms with Crippen LogP contribution in [0.3, 0.4) is 0 Å². The van der Waals surface area contributed by atoms with Crippen molar-refractivity contribution in [2.45, 2.75) is 55.3 Å². The monoisotopic (exact) mass is 558 g/mol. The molecule has 1 aliphatic carbocycles. The number of anilines is 1. The van der Waals surface area contributed by atoms with Crippen molar-refractivity contribution in [2.24, 2.45) is 11.0 Å². The van der Waals surface area contributed by atoms with E-state index in [1.807, 2.05) is 12.1 Å². The van der Waals surface area contributed by atoms with Gasteiger partial charge in [0.05, 0.1) is 10.1 Å². The fourth-order valence-corrected chi connectivity index (χ4v) is 7.36. The first-order valence-corrected chi connectivity index (χ1v) is 14.9. The minimum absolute atomic E-state index is 0.0301. The van der Waals surface area contributed by atoms with Gasteiger partial charge in [-0.15, -0.1) is 0 Å². The van der Waals surface area contributed by atoms with E-state index in [0.717, 1.165) is 37.4 Å². The van der Waals surface area contributed by atoms with E-state index < -0.39 is 15.1 Å². The Labute approximate surface area is 229 Å². The summed E-state index contributed by atoms with van der Waals surface area (Å²) in [4.78, 5) is 20.5. The highest BCUT2D eigenvalue weighted by Crippen LogP contribution is 2.34. The van der Waals surface area contributed by atoms with Crippen molar-refractivity contribution in [1.82, 2.24) is 10.2 Å². The quantitative estimate of drug-likeness (QED) is 0.285. The van der Waals surface area contributed by atoms with E-state index in [4.69, 9.17) is 17.1 Å². The number of hydrogen-bond acceptors (Lipinski definition) is 6. The third-order valence-electron chi connectivity index (χ3n) is 7.75. The van der Waals surface area contributed by atoms with Crippen LogP contribution in [-0.2, 0) is 21.2 Å². The molecule has 1 amide bonds. The summed E-state index contributed by atoms with van der Waals surface area (Å²) in [5, 5.41) is 7.10. The number of sulfone groups is 1. The number of nitrogens with one attached hydrogen (secondary N) is 1. The standard InChI is InChI=1S/C27H35ClN6O3S/c1-19-15-24(8-3-21(19)17-34-14-13-30-23(18-34)16-31-32-29)33(2)27(35)20-4-9-25(10-5-20)38(36,37)26-11-6-22(28)7-12-26/h3,6-8,11-12,15,20,23,25,30H,4-5,9-10,13-14,16-18H2,1-2H3/t20-,23-,25-/m0/s1. The van der Waals surface area contributed by atoms with Crippen molar-refractivity contribution < 1.29 is 13.2 Å². The molecule has 0 radical (unpaired) electrons. The average Bonchev–Trinajstić information content (AvgIpc) is 2.92. The fraction of sp³-hybridized carbons (Fsp3) is 0.519. The molecule has 2 aromatic rings. The lowest BCUT2D eigenvalue weighted by molar-refractivity contribution is -0.122. The highest BCUT2D eigenvalue weighted by Gasteiger charge is 2.35. The van der Waals surface area contributed by atoms with Gasteiger partial charge in [-0.3, -0.25) is 9.69 Å². The second-order valence-corrected chi connectivity index (χ2v) is 12.9. The molecule has 0 unspecified atom stereocenters. The van der Waals surface area contributed by atoms with E-state index in [-0.39, 0.29) is 22.8 Å². The van der Waals surface area contributed by atoms with Gasteiger partial charge < -0.3 is 10.2 Å². The summed E-state index contributed by atoms with van der Waals surface area (Å²) >= 11 is 5.91. The van der Waals surface area contributed by atoms with Gasteiger partial charge in [0.15, 0.2) is 9.84 Å². The maximum Gasteiger partial charge on any atom is 0.229 e. The van der Waals surface area contributed by atoms with Crippen molar-refractivity contribution in [1.29, 1.82) is 0 Å². The maximum absolute atomic E-state index is 13.3. The molecule has 2 aliphatic rings. The minimum Gasteiger partial charge on any atom is -0.315 e. The van der Waals surface area contributed by atoms with Crippen LogP contribution in [0.15, 0.2) is 52.5 Å². The molecule has 1 N–H and O–H groups in total. The molecule has 1 saturated heterocycles. The Morgan fingerprint density at radius 1 is 1.18 bits per heavy atom. The SMILES string of the molecule is Cc1cc(N(C)C(=O)[C@H]2CC[C@H](S(=O)(=O)c3ccc(Cl)cc3)CC2)ccc1CN1CCN[C@@H](CN=[N+]=[N-])C1. The molecule has 1 heterocycles. The highest BCUT2D eigenvalue weighted by atomic mass is 35.5. The van der Waals surface area contributed by atoms with E-state index in [1.54, 1.807) is 36.2 Å². The number of carbonyl (C=O) groups is 1. The Morgan fingerprint density at radius 3 is 2.55 bits per heavy atom. The molecule has 11 heteroatoms. The Kier molecular flexibility index (Phi) is 9.33. The number of benzene rings is 2. The minimum atomic E-state index is -3.44. The summed E-state index contributed by atoms with van der Waals surface area (Å²) in [6.07, 6.45) is 2.05. The van der Waals surface area contributed by atoms with Gasteiger partial charge >= 0.3 is 0 Å². The van der Waals surface area contributed by atoms with Crippen molar-refractivity contribution in [2.75, 3.05) is 38.1 Å². The van der Waals surface area contributed by atoms with E-state index in [0.29, 0.717) is 37.3 Å². The maximum atomic E-state index is 13.3. The molecular weight excluding hydrogens is 524 g/mol. The molecule has 9 nitrogen and oxygen atoms in total. The van der Waals surface area contributed by atoms with Gasteiger partial charge in [0.1, 0.15) is 0 Å². The zero-order valence-corrected chi connectivity index (χ0v) is 23.5. The van der Waals surface area contributed by atoms with E-state index in [2.05, 4.69) is 33.2 Å². The molecule has 1 aliphatic heterocycles. The summed E-state index contributed by atoms with van der Waals surface area (Å²) in [5.41, 5.74) is 11.7. The Balaban J connectivity index is 1.34. The lowest BCUT2D eigenvalue weighted by Crippen LogP contribution is -2.51. The van der Waals surface area contributed by atoms with Gasteiger partial charge in [-0.2, -0.15) is 0 Å². The molecular formula is C27H35ClN6O3S. The van der Waals surface area contributed by atoms with E-state index >= 15 is 0 Å². The molecule has 204 valence electrons. The van der Waals surface area contributed by atoms with Gasteiger partial charge in [-0.25, -0.2) is 8.42 Å². The van der Waals surface area contributed by atoms with Gasteiger partial charge in [0, 0.05) is 67.4 Å². The second kappa shape index (κ2) is 12.5. The van der Waals surface area contributed by atoms with Crippen LogP contribution in [0, 0.1) is 12.8 Å². The lowest BCUT2D eigenvalue weighted by Gasteiger charge is -2.33. The largest absolute Gasteiger partial charge is 0.315 e. The number of hydrogen-bond donors (Lipinski definition) is 1. The number of piperazine rings is 1. The van der Waals surface area contributed by atoms with Crippen LogP contribution < -0.4 is 10.2 Å². The number of rotatable bonds is 8. The van der Waals surface area contributed by atoms with Crippen LogP contribution in [0.2, 0.25) is 5.02 Å². The summed E-state index contributed by atoms with van der Waals surface area (Å²) in [6.45, 7) is 5.88. The molecule has 4 rings (SSSR count). The predicted molar refractivity (Wildman–Crippen MR) is 150 cm³/mol. The lowest BCUT2D eigenvalue weighted by atomic mass is 9.88. The summed E-state index contributed by atoms with van der Waals surface area (Å²) in [6, 6.07) is 12.6. The smallest absolute Gasteiger partial charge is 0.229 e. The van der Waals surface area contributed by atoms with Crippen LogP contribution in [0.4, 0.5) is 5.69 Å². The number of aryl methyl sites for hydroxylation is 1. The highest BCUT2D eigenvalue weighted by molar-refractivity contribution is 7.92. The Hall–Kier alpha value is -2.62. The third-order valence-corrected chi connectivity index (χ3v) is 10.3. The van der Waals surface area contributed by atoms with Crippen LogP contribution in [0.25, 0.3) is 10.4 Å². The molecule has 2 fully saturated rings. The fourth-order valence-electron chi connectivity index (χ4n) is 5.44. The molecule has 0 aromatic heterocycles. The van der Waals surface area contributed by atoms with Gasteiger partial charge in [-0.1, -0.05) is 22.8 Å². The number of azide groups is 1. The first-order valence-electron chi connectivity index (χ1n) is 13.0. The first-order chi connectivity index (χ1) is 18.2. The van der Waals surface area contributed by atoms with Crippen molar-refractivity contribution in [3.8, 4) is 0 Å². The van der Waals surface area contributed by atoms with Crippen molar-refractivity contribution >= 4 is 33.0 Å². The van der Waals surface area contributed by atoms with Gasteiger partial charge in [0.2, 0.25) is 5.91 Å². The third kappa shape index (κ3) is 6.68. The zero-order chi connectivity index (χ0) is 27.3. The number of halogens is 1. The molecule has 1 saturated carbocycles. The summed E-state index contributed by atoms with van der Waals surface area (Å²) in [7, 11) is -1.65. The Morgan fingerprint density at radius 2 is 1.89 bits per heavy atom. The number of carbonyl (C=O) groups excluding carboxylic acids is 1. The van der Waals surface area contributed by atoms with Crippen molar-refractivity contribution in [3.05, 3.63) is 69.1 Å². The van der Waals surface area contributed by atoms with Crippen LogP contribution in [0.5, 0.6) is 0 Å². The topological polar surface area (TPSA) is 118 Å². The average molecular weight is 559 g/mol. The summed E-state index contributed by atoms with van der Waals surface area (Å²) in [5.74, 6) is -0.159. The van der Waals surface area contributed by atoms with Crippen LogP contribution >= 0.6 is 11.6 Å². The second-order valence-electron chi connectivity index (χ2n) is 10.3. The van der Waals surface area contributed by atoms with E-state index in [9.17, 15) is 13.2 Å². The predicted octanol–water partition coefficient (Wildman–Crippen LogP) is 4.73. The Bertz CT molecular complexity index is 1290. The number of nitrogens with zero attached hydrogens (tertiary/aromatic N) is 5. The molecule has 2 aromatic carbocycles. The van der Waals surface area contributed by atoms with Crippen LogP contribution in [0.1, 0.15) is 36.8 Å². The molecule has 0 spiro atoms. The van der Waals surface area contributed by atoms with Crippen LogP contribution in [-0.4, -0.2) is 63.7 Å². The van der Waals surface area contributed by atoms with Crippen molar-refractivity contribution in [3.63, 3.8) is 0 Å². The molecule has 0 bridgehead atoms. The van der Waals surface area contributed by atoms with E-state index in [1.165, 1.54) is 5.56 Å². The van der Waals surface area contributed by atoms with Gasteiger partial charge in [-0.05, 0) is 85.7 Å². The first kappa shape index (κ1) is 28.4. The normalized spacial score (nSPS) is 22.4. The summed E-state index contributed by atoms with van der Waals surface area (Å²) < 4.78 is 26.1. The number of amides is 1.